The average Bonchev–Trinajstić information content (AvgIpc) is 2.44. The van der Waals surface area contributed by atoms with Crippen LogP contribution in [0, 0.1) is 5.92 Å². The first-order chi connectivity index (χ1) is 9.02. The lowest BCUT2D eigenvalue weighted by Gasteiger charge is -2.38. The summed E-state index contributed by atoms with van der Waals surface area (Å²) in [6.07, 6.45) is 0.177. The Balaban J connectivity index is 2.06. The van der Waals surface area contributed by atoms with Gasteiger partial charge in [-0.05, 0) is 18.4 Å². The van der Waals surface area contributed by atoms with E-state index in [-0.39, 0.29) is 5.91 Å². The van der Waals surface area contributed by atoms with Gasteiger partial charge in [0, 0.05) is 14.1 Å². The van der Waals surface area contributed by atoms with Crippen LogP contribution in [0.5, 0.6) is 0 Å². The highest BCUT2D eigenvalue weighted by atomic mass is 16.3. The lowest BCUT2D eigenvalue weighted by Crippen LogP contribution is -2.59. The molecule has 5 nitrogen and oxygen atoms in total. The summed E-state index contributed by atoms with van der Waals surface area (Å²) in [7, 11) is 2.95. The molecule has 0 saturated carbocycles. The number of imide groups is 1. The Bertz CT molecular complexity index is 475. The van der Waals surface area contributed by atoms with E-state index in [1.807, 2.05) is 30.3 Å². The van der Waals surface area contributed by atoms with E-state index < -0.39 is 18.2 Å². The van der Waals surface area contributed by atoms with Crippen molar-refractivity contribution in [1.82, 2.24) is 9.80 Å². The molecule has 0 radical (unpaired) electrons. The monoisotopic (exact) mass is 262 g/mol. The summed E-state index contributed by atoms with van der Waals surface area (Å²) in [5, 5.41) is 10.0. The molecule has 2 atom stereocenters. The predicted molar refractivity (Wildman–Crippen MR) is 70.2 cm³/mol. The molecule has 0 bridgehead atoms. The van der Waals surface area contributed by atoms with Crippen LogP contribution in [0.15, 0.2) is 30.3 Å². The van der Waals surface area contributed by atoms with Crippen molar-refractivity contribution >= 4 is 11.9 Å². The van der Waals surface area contributed by atoms with Gasteiger partial charge in [-0.25, -0.2) is 4.79 Å². The van der Waals surface area contributed by atoms with Crippen molar-refractivity contribution in [2.24, 2.45) is 5.92 Å². The molecule has 5 heteroatoms. The fraction of sp³-hybridized carbons (Fsp3) is 0.429. The summed E-state index contributed by atoms with van der Waals surface area (Å²) in [5.41, 5.74) is 1.12. The van der Waals surface area contributed by atoms with Crippen LogP contribution in [0.4, 0.5) is 4.79 Å². The molecule has 0 aromatic heterocycles. The molecule has 102 valence electrons. The Morgan fingerprint density at radius 3 is 2.42 bits per heavy atom. The van der Waals surface area contributed by atoms with Crippen LogP contribution in [0.25, 0.3) is 0 Å². The number of hydrogen-bond acceptors (Lipinski definition) is 3. The third-order valence-corrected chi connectivity index (χ3v) is 3.58. The van der Waals surface area contributed by atoms with Crippen LogP contribution in [0.3, 0.4) is 0 Å². The van der Waals surface area contributed by atoms with Gasteiger partial charge in [0.25, 0.3) is 0 Å². The molecule has 19 heavy (non-hydrogen) atoms. The van der Waals surface area contributed by atoms with Gasteiger partial charge in [-0.2, -0.15) is 0 Å². The molecule has 1 N–H and O–H groups in total. The molecule has 2 rings (SSSR count). The molecule has 3 amide bonds. The maximum Gasteiger partial charge on any atom is 0.328 e. The summed E-state index contributed by atoms with van der Waals surface area (Å²) in [5.74, 6) is -0.876. The molecule has 1 aromatic rings. The molecule has 1 heterocycles. The maximum absolute atomic E-state index is 12.0. The number of carbonyl (C=O) groups is 2. The number of aliphatic hydroxyl groups is 1. The van der Waals surface area contributed by atoms with Crippen molar-refractivity contribution in [2.45, 2.75) is 19.1 Å². The number of benzene rings is 1. The molecule has 0 spiro atoms. The lowest BCUT2D eigenvalue weighted by atomic mass is 9.94. The van der Waals surface area contributed by atoms with Gasteiger partial charge in [0.05, 0.1) is 5.92 Å². The average molecular weight is 262 g/mol. The summed E-state index contributed by atoms with van der Waals surface area (Å²) < 4.78 is 0. The minimum absolute atomic E-state index is 0.313. The van der Waals surface area contributed by atoms with Crippen molar-refractivity contribution in [3.8, 4) is 0 Å². The number of aryl methyl sites for hydroxylation is 1. The minimum atomic E-state index is -1.04. The second-order valence-electron chi connectivity index (χ2n) is 4.84. The van der Waals surface area contributed by atoms with Gasteiger partial charge < -0.3 is 10.0 Å². The third-order valence-electron chi connectivity index (χ3n) is 3.58. The van der Waals surface area contributed by atoms with E-state index in [0.717, 1.165) is 10.5 Å². The predicted octanol–water partition coefficient (Wildman–Crippen LogP) is 1.08. The van der Waals surface area contributed by atoms with Crippen LogP contribution in [0.2, 0.25) is 0 Å². The van der Waals surface area contributed by atoms with Gasteiger partial charge in [0.1, 0.15) is 6.23 Å². The van der Waals surface area contributed by atoms with Gasteiger partial charge in [0.15, 0.2) is 0 Å². The lowest BCUT2D eigenvalue weighted by molar-refractivity contribution is -0.146. The summed E-state index contributed by atoms with van der Waals surface area (Å²) in [4.78, 5) is 25.9. The number of aliphatic hydroxyl groups excluding tert-OH is 1. The smallest absolute Gasteiger partial charge is 0.328 e. The zero-order valence-electron chi connectivity index (χ0n) is 11.1. The highest BCUT2D eigenvalue weighted by molar-refractivity contribution is 5.97. The van der Waals surface area contributed by atoms with Crippen molar-refractivity contribution in [1.29, 1.82) is 0 Å². The first-order valence-corrected chi connectivity index (χ1v) is 6.28. The minimum Gasteiger partial charge on any atom is -0.373 e. The fourth-order valence-electron chi connectivity index (χ4n) is 2.33. The molecule has 1 fully saturated rings. The van der Waals surface area contributed by atoms with E-state index in [2.05, 4.69) is 0 Å². The van der Waals surface area contributed by atoms with Crippen LogP contribution in [-0.4, -0.2) is 47.2 Å². The topological polar surface area (TPSA) is 60.9 Å². The molecule has 1 aliphatic heterocycles. The van der Waals surface area contributed by atoms with Crippen LogP contribution in [-0.2, 0) is 11.2 Å². The Hall–Kier alpha value is -1.88. The van der Waals surface area contributed by atoms with Gasteiger partial charge in [0.2, 0.25) is 5.91 Å². The van der Waals surface area contributed by atoms with Gasteiger partial charge >= 0.3 is 6.03 Å². The molecule has 1 aromatic carbocycles. The quantitative estimate of drug-likeness (QED) is 0.886. The Labute approximate surface area is 112 Å². The number of carbonyl (C=O) groups excluding carboxylic acids is 2. The molecule has 2 unspecified atom stereocenters. The van der Waals surface area contributed by atoms with Crippen molar-refractivity contribution < 1.29 is 14.7 Å². The van der Waals surface area contributed by atoms with Crippen molar-refractivity contribution in [3.05, 3.63) is 35.9 Å². The zero-order chi connectivity index (χ0) is 14.0. The number of rotatable bonds is 3. The molecular weight excluding hydrogens is 244 g/mol. The molecular formula is C14H18N2O3. The highest BCUT2D eigenvalue weighted by Gasteiger charge is 2.41. The maximum atomic E-state index is 12.0. The Morgan fingerprint density at radius 2 is 1.79 bits per heavy atom. The number of urea groups is 1. The number of nitrogens with zero attached hydrogens (tertiary/aromatic N) is 2. The molecule has 0 aliphatic carbocycles. The number of amides is 3. The van der Waals surface area contributed by atoms with Crippen LogP contribution < -0.4 is 0 Å². The Kier molecular flexibility index (Phi) is 3.85. The molecule has 1 saturated heterocycles. The fourth-order valence-corrected chi connectivity index (χ4v) is 2.33. The second-order valence-corrected chi connectivity index (χ2v) is 4.84. The normalized spacial score (nSPS) is 23.9. The van der Waals surface area contributed by atoms with E-state index in [1.54, 1.807) is 0 Å². The van der Waals surface area contributed by atoms with E-state index in [1.165, 1.54) is 19.0 Å². The van der Waals surface area contributed by atoms with E-state index in [0.29, 0.717) is 12.8 Å². The third kappa shape index (κ3) is 2.61. The van der Waals surface area contributed by atoms with Crippen molar-refractivity contribution in [2.75, 3.05) is 14.1 Å². The van der Waals surface area contributed by atoms with Gasteiger partial charge in [-0.3, -0.25) is 9.69 Å². The number of hydrogen-bond donors (Lipinski definition) is 1. The largest absolute Gasteiger partial charge is 0.373 e. The second kappa shape index (κ2) is 5.40. The van der Waals surface area contributed by atoms with Crippen molar-refractivity contribution in [3.63, 3.8) is 0 Å². The molecule has 1 aliphatic rings. The first-order valence-electron chi connectivity index (χ1n) is 6.28. The van der Waals surface area contributed by atoms with Crippen LogP contribution in [0.1, 0.15) is 12.0 Å². The Morgan fingerprint density at radius 1 is 1.16 bits per heavy atom. The van der Waals surface area contributed by atoms with Gasteiger partial charge in [-0.15, -0.1) is 0 Å². The SMILES string of the molecule is CN1C(=O)C(CCc2ccccc2)C(O)N(C)C1=O. The van der Waals surface area contributed by atoms with E-state index >= 15 is 0 Å². The summed E-state index contributed by atoms with van der Waals surface area (Å²) >= 11 is 0. The standard InChI is InChI=1S/C14H18N2O3/c1-15-12(17)11(13(18)16(2)14(15)19)9-8-10-6-4-3-5-7-10/h3-7,11-12,17H,8-9H2,1-2H3. The van der Waals surface area contributed by atoms with E-state index in [9.17, 15) is 14.7 Å². The van der Waals surface area contributed by atoms with E-state index in [4.69, 9.17) is 0 Å². The summed E-state index contributed by atoms with van der Waals surface area (Å²) in [6.45, 7) is 0. The zero-order valence-corrected chi connectivity index (χ0v) is 11.1. The van der Waals surface area contributed by atoms with Gasteiger partial charge in [-0.1, -0.05) is 30.3 Å². The summed E-state index contributed by atoms with van der Waals surface area (Å²) in [6, 6.07) is 9.32. The first kappa shape index (κ1) is 13.5. The highest BCUT2D eigenvalue weighted by Crippen LogP contribution is 2.23. The van der Waals surface area contributed by atoms with Crippen LogP contribution >= 0.6 is 0 Å².